The summed E-state index contributed by atoms with van der Waals surface area (Å²) in [7, 11) is 0. The number of amides is 1. The molecule has 1 amide bonds. The summed E-state index contributed by atoms with van der Waals surface area (Å²) in [5.41, 5.74) is 5.56. The maximum absolute atomic E-state index is 12.2. The number of rotatable bonds is 3. The fourth-order valence-electron chi connectivity index (χ4n) is 3.40. The van der Waals surface area contributed by atoms with Crippen LogP contribution in [0.3, 0.4) is 0 Å². The second-order valence-corrected chi connectivity index (χ2v) is 6.20. The van der Waals surface area contributed by atoms with Crippen molar-refractivity contribution in [1.29, 1.82) is 0 Å². The molecule has 2 aromatic rings. The number of hydrogen-bond donors (Lipinski definition) is 1. The molecule has 0 aliphatic heterocycles. The number of allylic oxidation sites excluding steroid dienone is 7. The molecular weight excluding hydrogens is 322 g/mol. The minimum atomic E-state index is -0.444. The Bertz CT molecular complexity index is 905. The monoisotopic (exact) mass is 341 g/mol. The van der Waals surface area contributed by atoms with E-state index in [1.165, 1.54) is 22.3 Å². The molecule has 0 spiro atoms. The lowest BCUT2D eigenvalue weighted by Crippen LogP contribution is -2.25. The molecule has 0 atom stereocenters. The maximum atomic E-state index is 12.2. The van der Waals surface area contributed by atoms with E-state index in [2.05, 4.69) is 29.6 Å². The first kappa shape index (κ1) is 16.2. The van der Waals surface area contributed by atoms with Crippen molar-refractivity contribution in [3.05, 3.63) is 108 Å². The SMILES string of the molecule is O=C(NC1=C/C=C\C=C/C=C1)OCC1c2ccccc2-c2ccccc21. The van der Waals surface area contributed by atoms with E-state index in [0.717, 1.165) is 0 Å². The van der Waals surface area contributed by atoms with Gasteiger partial charge < -0.3 is 4.74 Å². The lowest BCUT2D eigenvalue weighted by atomic mass is 9.98. The van der Waals surface area contributed by atoms with Crippen molar-refractivity contribution in [2.24, 2.45) is 0 Å². The van der Waals surface area contributed by atoms with Crippen LogP contribution in [0.2, 0.25) is 0 Å². The first-order valence-electron chi connectivity index (χ1n) is 8.66. The molecule has 0 fully saturated rings. The highest BCUT2D eigenvalue weighted by Crippen LogP contribution is 2.44. The fraction of sp³-hybridized carbons (Fsp3) is 0.0870. The van der Waals surface area contributed by atoms with E-state index in [1.807, 2.05) is 66.8 Å². The van der Waals surface area contributed by atoms with E-state index in [-0.39, 0.29) is 5.92 Å². The van der Waals surface area contributed by atoms with Crippen LogP contribution in [0.15, 0.2) is 96.8 Å². The average Bonchev–Trinajstić information content (AvgIpc) is 2.96. The van der Waals surface area contributed by atoms with Crippen molar-refractivity contribution in [2.75, 3.05) is 6.61 Å². The maximum Gasteiger partial charge on any atom is 0.411 e. The molecule has 0 heterocycles. The van der Waals surface area contributed by atoms with Crippen molar-refractivity contribution < 1.29 is 9.53 Å². The molecule has 0 radical (unpaired) electrons. The molecule has 1 N–H and O–H groups in total. The standard InChI is InChI=1S/C23H19NO2/c25-23(24-17-10-4-2-1-3-5-11-17)26-16-22-20-14-8-6-12-18(20)19-13-7-9-15-21(19)22/h1-15,22H,16H2,(H,24,25)/b2-1-,3-1?,4-2?,5-3-,10-4?,11-5?,17-10?,17-11?. The summed E-state index contributed by atoms with van der Waals surface area (Å²) >= 11 is 0. The third-order valence-electron chi connectivity index (χ3n) is 4.59. The number of carbonyl (C=O) groups is 1. The summed E-state index contributed by atoms with van der Waals surface area (Å²) < 4.78 is 5.55. The summed E-state index contributed by atoms with van der Waals surface area (Å²) in [4.78, 5) is 12.2. The second kappa shape index (κ2) is 7.28. The Kier molecular flexibility index (Phi) is 4.52. The Morgan fingerprint density at radius 3 is 2.19 bits per heavy atom. The summed E-state index contributed by atoms with van der Waals surface area (Å²) in [6.07, 6.45) is 12.7. The van der Waals surface area contributed by atoms with Crippen LogP contribution in [0.25, 0.3) is 11.1 Å². The number of benzene rings is 2. The van der Waals surface area contributed by atoms with Gasteiger partial charge in [0, 0.05) is 11.6 Å². The van der Waals surface area contributed by atoms with Crippen molar-refractivity contribution >= 4 is 6.09 Å². The molecule has 0 saturated heterocycles. The Morgan fingerprint density at radius 1 is 0.846 bits per heavy atom. The largest absolute Gasteiger partial charge is 0.448 e. The van der Waals surface area contributed by atoms with Gasteiger partial charge in [-0.3, -0.25) is 5.32 Å². The second-order valence-electron chi connectivity index (χ2n) is 6.20. The van der Waals surface area contributed by atoms with Crippen LogP contribution >= 0.6 is 0 Å². The quantitative estimate of drug-likeness (QED) is 0.844. The van der Waals surface area contributed by atoms with Gasteiger partial charge in [-0.2, -0.15) is 0 Å². The van der Waals surface area contributed by atoms with E-state index in [9.17, 15) is 4.79 Å². The van der Waals surface area contributed by atoms with Crippen molar-refractivity contribution in [2.45, 2.75) is 5.92 Å². The topological polar surface area (TPSA) is 38.3 Å². The summed E-state index contributed by atoms with van der Waals surface area (Å²) in [5.74, 6) is 0.0674. The Balaban J connectivity index is 1.47. The number of ether oxygens (including phenoxy) is 1. The van der Waals surface area contributed by atoms with Crippen LogP contribution in [0.4, 0.5) is 4.79 Å². The van der Waals surface area contributed by atoms with E-state index >= 15 is 0 Å². The van der Waals surface area contributed by atoms with Gasteiger partial charge in [-0.25, -0.2) is 4.79 Å². The molecule has 4 rings (SSSR count). The number of hydrogen-bond acceptors (Lipinski definition) is 2. The normalized spacial score (nSPS) is 17.3. The molecule has 26 heavy (non-hydrogen) atoms. The molecule has 3 heteroatoms. The van der Waals surface area contributed by atoms with Crippen LogP contribution in [0.1, 0.15) is 17.0 Å². The van der Waals surface area contributed by atoms with Crippen LogP contribution < -0.4 is 5.32 Å². The molecule has 2 aliphatic rings. The van der Waals surface area contributed by atoms with Gasteiger partial charge in [0.25, 0.3) is 0 Å². The number of nitrogens with one attached hydrogen (secondary N) is 1. The van der Waals surface area contributed by atoms with Crippen LogP contribution in [-0.2, 0) is 4.74 Å². The molecule has 2 aromatic carbocycles. The molecular formula is C23H19NO2. The number of carbonyl (C=O) groups excluding carboxylic acids is 1. The van der Waals surface area contributed by atoms with Gasteiger partial charge in [-0.15, -0.1) is 0 Å². The lowest BCUT2D eigenvalue weighted by Gasteiger charge is -2.14. The van der Waals surface area contributed by atoms with Crippen molar-refractivity contribution in [3.8, 4) is 11.1 Å². The molecule has 3 nitrogen and oxygen atoms in total. The minimum absolute atomic E-state index is 0.0674. The van der Waals surface area contributed by atoms with Crippen LogP contribution in [-0.4, -0.2) is 12.7 Å². The van der Waals surface area contributed by atoms with E-state index < -0.39 is 6.09 Å². The van der Waals surface area contributed by atoms with Gasteiger partial charge in [0.15, 0.2) is 0 Å². The molecule has 2 aliphatic carbocycles. The third kappa shape index (κ3) is 3.24. The van der Waals surface area contributed by atoms with E-state index in [0.29, 0.717) is 12.3 Å². The zero-order chi connectivity index (χ0) is 17.8. The van der Waals surface area contributed by atoms with Gasteiger partial charge in [-0.1, -0.05) is 78.9 Å². The molecule has 0 aromatic heterocycles. The Labute approximate surface area is 153 Å². The highest BCUT2D eigenvalue weighted by atomic mass is 16.5. The first-order chi connectivity index (χ1) is 12.8. The first-order valence-corrected chi connectivity index (χ1v) is 8.66. The van der Waals surface area contributed by atoms with E-state index in [1.54, 1.807) is 0 Å². The van der Waals surface area contributed by atoms with Gasteiger partial charge >= 0.3 is 6.09 Å². The Hall–Kier alpha value is -3.33. The highest BCUT2D eigenvalue weighted by molar-refractivity contribution is 5.79. The fourth-order valence-corrected chi connectivity index (χ4v) is 3.40. The lowest BCUT2D eigenvalue weighted by molar-refractivity contribution is 0.146. The zero-order valence-electron chi connectivity index (χ0n) is 14.3. The van der Waals surface area contributed by atoms with Gasteiger partial charge in [-0.05, 0) is 34.4 Å². The number of alkyl carbamates (subject to hydrolysis) is 1. The molecule has 0 unspecified atom stereocenters. The summed E-state index contributed by atoms with van der Waals surface area (Å²) in [5, 5.41) is 2.79. The molecule has 128 valence electrons. The van der Waals surface area contributed by atoms with Crippen LogP contribution in [0, 0.1) is 0 Å². The van der Waals surface area contributed by atoms with Crippen molar-refractivity contribution in [1.82, 2.24) is 5.32 Å². The third-order valence-corrected chi connectivity index (χ3v) is 4.59. The Morgan fingerprint density at radius 2 is 1.46 bits per heavy atom. The van der Waals surface area contributed by atoms with Gasteiger partial charge in [0.2, 0.25) is 0 Å². The average molecular weight is 341 g/mol. The van der Waals surface area contributed by atoms with Crippen molar-refractivity contribution in [3.63, 3.8) is 0 Å². The molecule has 0 bridgehead atoms. The van der Waals surface area contributed by atoms with Crippen LogP contribution in [0.5, 0.6) is 0 Å². The minimum Gasteiger partial charge on any atom is -0.448 e. The smallest absolute Gasteiger partial charge is 0.411 e. The highest BCUT2D eigenvalue weighted by Gasteiger charge is 2.28. The van der Waals surface area contributed by atoms with Gasteiger partial charge in [0.05, 0.1) is 0 Å². The molecule has 0 saturated carbocycles. The van der Waals surface area contributed by atoms with Gasteiger partial charge in [0.1, 0.15) is 6.61 Å². The zero-order valence-corrected chi connectivity index (χ0v) is 14.3. The summed E-state index contributed by atoms with van der Waals surface area (Å²) in [6.45, 7) is 0.312. The summed E-state index contributed by atoms with van der Waals surface area (Å²) in [6, 6.07) is 16.6. The predicted octanol–water partition coefficient (Wildman–Crippen LogP) is 5.09. The number of fused-ring (bicyclic) bond motifs is 3. The van der Waals surface area contributed by atoms with E-state index in [4.69, 9.17) is 4.74 Å². The predicted molar refractivity (Wildman–Crippen MR) is 104 cm³/mol.